The highest BCUT2D eigenvalue weighted by Gasteiger charge is 2.39. The van der Waals surface area contributed by atoms with Gasteiger partial charge in [0.1, 0.15) is 18.1 Å². The van der Waals surface area contributed by atoms with E-state index < -0.39 is 91.4 Å². The molecule has 0 bridgehead atoms. The summed E-state index contributed by atoms with van der Waals surface area (Å²) in [5.74, 6) is -7.96. The Labute approximate surface area is 187 Å². The van der Waals surface area contributed by atoms with E-state index in [4.69, 9.17) is 21.7 Å². The van der Waals surface area contributed by atoms with E-state index in [2.05, 4.69) is 10.6 Å². The average molecular weight is 473 g/mol. The molecule has 15 heteroatoms. The minimum atomic E-state index is -1.67. The summed E-state index contributed by atoms with van der Waals surface area (Å²) in [7, 11) is 0. The molecule has 0 spiro atoms. The van der Waals surface area contributed by atoms with Gasteiger partial charge in [0.15, 0.2) is 0 Å². The average Bonchev–Trinajstić information content (AvgIpc) is 3.18. The molecule has 0 saturated carbocycles. The number of likely N-dealkylation sites (tertiary alicyclic amines) is 1. The first-order valence-corrected chi connectivity index (χ1v) is 9.95. The fourth-order valence-electron chi connectivity index (χ4n) is 3.26. The fraction of sp³-hybridized carbons (Fsp3) is 0.611. The molecule has 0 aromatic heterocycles. The van der Waals surface area contributed by atoms with Crippen LogP contribution in [-0.2, 0) is 33.6 Å². The quantitative estimate of drug-likeness (QED) is 0.138. The van der Waals surface area contributed by atoms with Gasteiger partial charge in [-0.05, 0) is 19.3 Å². The fourth-order valence-corrected chi connectivity index (χ4v) is 3.26. The summed E-state index contributed by atoms with van der Waals surface area (Å²) >= 11 is 0. The first-order valence-electron chi connectivity index (χ1n) is 9.95. The summed E-state index contributed by atoms with van der Waals surface area (Å²) in [4.78, 5) is 83.1. The first kappa shape index (κ1) is 27.3. The van der Waals surface area contributed by atoms with Crippen LogP contribution >= 0.6 is 0 Å². The van der Waals surface area contributed by atoms with Gasteiger partial charge >= 0.3 is 17.9 Å². The highest BCUT2D eigenvalue weighted by atomic mass is 16.4. The smallest absolute Gasteiger partial charge is 0.326 e. The molecule has 4 atom stereocenters. The van der Waals surface area contributed by atoms with Gasteiger partial charge in [-0.1, -0.05) is 0 Å². The van der Waals surface area contributed by atoms with Crippen LogP contribution < -0.4 is 22.1 Å². The summed E-state index contributed by atoms with van der Waals surface area (Å²) < 4.78 is 0. The number of nitrogens with zero attached hydrogens (tertiary/aromatic N) is 1. The molecule has 1 aliphatic heterocycles. The Morgan fingerprint density at radius 2 is 1.52 bits per heavy atom. The minimum Gasteiger partial charge on any atom is -0.481 e. The highest BCUT2D eigenvalue weighted by molar-refractivity contribution is 5.96. The van der Waals surface area contributed by atoms with Crippen molar-refractivity contribution in [1.82, 2.24) is 15.5 Å². The lowest BCUT2D eigenvalue weighted by Crippen LogP contribution is -2.57. The van der Waals surface area contributed by atoms with Crippen LogP contribution in [0.4, 0.5) is 0 Å². The maximum absolute atomic E-state index is 12.8. The van der Waals surface area contributed by atoms with Gasteiger partial charge in [-0.2, -0.15) is 0 Å². The van der Waals surface area contributed by atoms with Crippen LogP contribution in [0.1, 0.15) is 38.5 Å². The number of carbonyl (C=O) groups is 7. The second-order valence-corrected chi connectivity index (χ2v) is 7.46. The van der Waals surface area contributed by atoms with Crippen molar-refractivity contribution in [2.75, 3.05) is 6.54 Å². The van der Waals surface area contributed by atoms with E-state index in [-0.39, 0.29) is 13.0 Å². The van der Waals surface area contributed by atoms with Gasteiger partial charge in [0, 0.05) is 13.0 Å². The lowest BCUT2D eigenvalue weighted by molar-refractivity contribution is -0.150. The molecule has 1 heterocycles. The molecule has 0 aromatic rings. The third-order valence-corrected chi connectivity index (χ3v) is 4.85. The Hall–Kier alpha value is -3.75. The molecule has 4 amide bonds. The second-order valence-electron chi connectivity index (χ2n) is 7.46. The molecule has 0 aliphatic carbocycles. The van der Waals surface area contributed by atoms with Gasteiger partial charge < -0.3 is 42.3 Å². The Kier molecular flexibility index (Phi) is 10.2. The first-order chi connectivity index (χ1) is 15.3. The molecule has 184 valence electrons. The standard InChI is InChI=1S/C18H27N5O10/c19-8(6-12(20)24)15(29)21-9(3-4-13(25)26)16(30)22-10(7-14(27)28)17(31)23-5-1-2-11(23)18(32)33/h8-11H,1-7,19H2,(H2,20,24)(H,21,29)(H,22,30)(H,25,26)(H,27,28)(H,32,33). The van der Waals surface area contributed by atoms with Crippen molar-refractivity contribution in [3.63, 3.8) is 0 Å². The SMILES string of the molecule is NC(=O)CC(N)C(=O)NC(CCC(=O)O)C(=O)NC(CC(=O)O)C(=O)N1CCCC1C(=O)O. The second kappa shape index (κ2) is 12.3. The van der Waals surface area contributed by atoms with Gasteiger partial charge in [0.05, 0.1) is 18.9 Å². The monoisotopic (exact) mass is 473 g/mol. The van der Waals surface area contributed by atoms with Crippen LogP contribution in [0.25, 0.3) is 0 Å². The van der Waals surface area contributed by atoms with E-state index >= 15 is 0 Å². The molecule has 1 fully saturated rings. The largest absolute Gasteiger partial charge is 0.481 e. The number of aliphatic carboxylic acids is 3. The molecule has 0 radical (unpaired) electrons. The van der Waals surface area contributed by atoms with Crippen LogP contribution in [0.15, 0.2) is 0 Å². The molecule has 33 heavy (non-hydrogen) atoms. The van der Waals surface area contributed by atoms with Crippen LogP contribution in [0, 0.1) is 0 Å². The third-order valence-electron chi connectivity index (χ3n) is 4.85. The van der Waals surface area contributed by atoms with Crippen molar-refractivity contribution >= 4 is 41.5 Å². The zero-order chi connectivity index (χ0) is 25.3. The van der Waals surface area contributed by atoms with Gasteiger partial charge in [0.2, 0.25) is 23.6 Å². The van der Waals surface area contributed by atoms with Gasteiger partial charge in [-0.3, -0.25) is 28.8 Å². The van der Waals surface area contributed by atoms with Crippen molar-refractivity contribution in [2.45, 2.75) is 62.7 Å². The minimum absolute atomic E-state index is 0.0446. The van der Waals surface area contributed by atoms with Crippen molar-refractivity contribution in [1.29, 1.82) is 0 Å². The maximum Gasteiger partial charge on any atom is 0.326 e. The van der Waals surface area contributed by atoms with E-state index in [9.17, 15) is 38.7 Å². The summed E-state index contributed by atoms with van der Waals surface area (Å²) in [6, 6.07) is -5.82. The van der Waals surface area contributed by atoms with Crippen molar-refractivity contribution in [3.8, 4) is 0 Å². The van der Waals surface area contributed by atoms with Crippen molar-refractivity contribution in [3.05, 3.63) is 0 Å². The van der Waals surface area contributed by atoms with Gasteiger partial charge in [0.25, 0.3) is 0 Å². The number of carboxylic acids is 3. The maximum atomic E-state index is 12.8. The Morgan fingerprint density at radius 1 is 0.909 bits per heavy atom. The number of rotatable bonds is 13. The third kappa shape index (κ3) is 8.72. The molecule has 15 nitrogen and oxygen atoms in total. The number of hydrogen-bond acceptors (Lipinski definition) is 8. The van der Waals surface area contributed by atoms with E-state index in [1.54, 1.807) is 0 Å². The number of nitrogens with two attached hydrogens (primary N) is 2. The van der Waals surface area contributed by atoms with E-state index in [0.717, 1.165) is 4.90 Å². The zero-order valence-corrected chi connectivity index (χ0v) is 17.6. The zero-order valence-electron chi connectivity index (χ0n) is 17.6. The van der Waals surface area contributed by atoms with Crippen LogP contribution in [0.2, 0.25) is 0 Å². The molecule has 1 aliphatic rings. The van der Waals surface area contributed by atoms with Gasteiger partial charge in [-0.15, -0.1) is 0 Å². The van der Waals surface area contributed by atoms with Crippen molar-refractivity contribution in [2.24, 2.45) is 11.5 Å². The van der Waals surface area contributed by atoms with Crippen LogP contribution in [-0.4, -0.2) is 92.5 Å². The molecule has 1 saturated heterocycles. The molecular formula is C18H27N5O10. The number of primary amides is 1. The van der Waals surface area contributed by atoms with E-state index in [1.807, 2.05) is 0 Å². The summed E-state index contributed by atoms with van der Waals surface area (Å²) in [5, 5.41) is 31.6. The highest BCUT2D eigenvalue weighted by Crippen LogP contribution is 2.19. The van der Waals surface area contributed by atoms with Gasteiger partial charge in [-0.25, -0.2) is 4.79 Å². The van der Waals surface area contributed by atoms with E-state index in [1.165, 1.54) is 0 Å². The molecule has 9 N–H and O–H groups in total. The number of amides is 4. The van der Waals surface area contributed by atoms with E-state index in [0.29, 0.717) is 6.42 Å². The van der Waals surface area contributed by atoms with Crippen LogP contribution in [0.3, 0.4) is 0 Å². The number of hydrogen-bond donors (Lipinski definition) is 7. The summed E-state index contributed by atoms with van der Waals surface area (Å²) in [6.07, 6.45) is -1.92. The molecule has 4 unspecified atom stereocenters. The molecule has 0 aromatic carbocycles. The number of nitrogens with one attached hydrogen (secondary N) is 2. The summed E-state index contributed by atoms with van der Waals surface area (Å²) in [6.45, 7) is 0.0446. The lowest BCUT2D eigenvalue weighted by atomic mass is 10.1. The summed E-state index contributed by atoms with van der Waals surface area (Å²) in [5.41, 5.74) is 10.5. The lowest BCUT2D eigenvalue weighted by Gasteiger charge is -2.28. The predicted molar refractivity (Wildman–Crippen MR) is 107 cm³/mol. The molecule has 1 rings (SSSR count). The normalized spacial score (nSPS) is 18.0. The number of carboxylic acid groups (broad SMARTS) is 3. The molecular weight excluding hydrogens is 446 g/mol. The van der Waals surface area contributed by atoms with Crippen LogP contribution in [0.5, 0.6) is 0 Å². The predicted octanol–water partition coefficient (Wildman–Crippen LogP) is -3.43. The van der Waals surface area contributed by atoms with Crippen molar-refractivity contribution < 1.29 is 48.9 Å². The Morgan fingerprint density at radius 3 is 2.03 bits per heavy atom. The Bertz CT molecular complexity index is 816. The topological polar surface area (TPSA) is 260 Å². The number of carbonyl (C=O) groups excluding carboxylic acids is 4. The Balaban J connectivity index is 3.03.